The van der Waals surface area contributed by atoms with E-state index in [1.165, 1.54) is 19.3 Å². The molecule has 1 saturated heterocycles. The molecule has 4 nitrogen and oxygen atoms in total. The lowest BCUT2D eigenvalue weighted by Crippen LogP contribution is -2.51. The molecule has 1 N–H and O–H groups in total. The second kappa shape index (κ2) is 7.68. The summed E-state index contributed by atoms with van der Waals surface area (Å²) in [7, 11) is 1.66. The summed E-state index contributed by atoms with van der Waals surface area (Å²) in [6, 6.07) is 15.0. The standard InChI is InChI=1S/C22H28N2O2/c1-26-22-15-21(25)9-7-19(22)16-23-10-12-24(13-11-23)20-8-6-17-4-2-3-5-18(17)14-20/h2-5,7,9,15,20,25H,6,8,10-14,16H2,1H3/t20-/m1/s1. The highest BCUT2D eigenvalue weighted by Crippen LogP contribution is 2.27. The first kappa shape index (κ1) is 17.4. The lowest BCUT2D eigenvalue weighted by molar-refractivity contribution is 0.0852. The topological polar surface area (TPSA) is 35.9 Å². The monoisotopic (exact) mass is 352 g/mol. The van der Waals surface area contributed by atoms with Crippen LogP contribution in [0.3, 0.4) is 0 Å². The van der Waals surface area contributed by atoms with Crippen molar-refractivity contribution in [3.63, 3.8) is 0 Å². The highest BCUT2D eigenvalue weighted by atomic mass is 16.5. The van der Waals surface area contributed by atoms with Gasteiger partial charge < -0.3 is 9.84 Å². The minimum Gasteiger partial charge on any atom is -0.508 e. The normalized spacial score (nSPS) is 21.3. The number of ether oxygens (including phenoxy) is 1. The Morgan fingerprint density at radius 1 is 1.04 bits per heavy atom. The van der Waals surface area contributed by atoms with Crippen molar-refractivity contribution in [2.75, 3.05) is 33.3 Å². The Hall–Kier alpha value is -2.04. The van der Waals surface area contributed by atoms with E-state index in [1.54, 1.807) is 30.4 Å². The Morgan fingerprint density at radius 2 is 1.81 bits per heavy atom. The van der Waals surface area contributed by atoms with E-state index < -0.39 is 0 Å². The number of aromatic hydroxyl groups is 1. The summed E-state index contributed by atoms with van der Waals surface area (Å²) in [4.78, 5) is 5.17. The van der Waals surface area contributed by atoms with E-state index in [9.17, 15) is 5.11 Å². The fourth-order valence-corrected chi connectivity index (χ4v) is 4.38. The number of phenolic OH excluding ortho intramolecular Hbond substituents is 1. The van der Waals surface area contributed by atoms with Gasteiger partial charge in [0, 0.05) is 50.4 Å². The largest absolute Gasteiger partial charge is 0.508 e. The number of fused-ring (bicyclic) bond motifs is 1. The number of hydrogen-bond acceptors (Lipinski definition) is 4. The van der Waals surface area contributed by atoms with Crippen LogP contribution in [-0.2, 0) is 19.4 Å². The summed E-state index contributed by atoms with van der Waals surface area (Å²) in [5.74, 6) is 1.03. The molecule has 0 radical (unpaired) electrons. The first-order chi connectivity index (χ1) is 12.7. The van der Waals surface area contributed by atoms with Gasteiger partial charge in [0.15, 0.2) is 0 Å². The number of phenols is 1. The molecular weight excluding hydrogens is 324 g/mol. The number of piperazine rings is 1. The van der Waals surface area contributed by atoms with Gasteiger partial charge in [0.2, 0.25) is 0 Å². The summed E-state index contributed by atoms with van der Waals surface area (Å²) in [6.45, 7) is 5.32. The first-order valence-corrected chi connectivity index (χ1v) is 9.62. The molecule has 0 spiro atoms. The predicted octanol–water partition coefficient (Wildman–Crippen LogP) is 3.08. The Bertz CT molecular complexity index is 754. The van der Waals surface area contributed by atoms with Gasteiger partial charge in [0.1, 0.15) is 11.5 Å². The third kappa shape index (κ3) is 3.71. The molecule has 4 rings (SSSR count). The van der Waals surface area contributed by atoms with Crippen molar-refractivity contribution in [1.82, 2.24) is 9.80 Å². The van der Waals surface area contributed by atoms with Crippen molar-refractivity contribution in [2.45, 2.75) is 31.8 Å². The quantitative estimate of drug-likeness (QED) is 0.917. The zero-order chi connectivity index (χ0) is 17.9. The molecule has 1 atom stereocenters. The minimum absolute atomic E-state index is 0.257. The smallest absolute Gasteiger partial charge is 0.127 e. The summed E-state index contributed by atoms with van der Waals surface area (Å²) >= 11 is 0. The van der Waals surface area contributed by atoms with Crippen LogP contribution in [0.15, 0.2) is 42.5 Å². The van der Waals surface area contributed by atoms with Crippen LogP contribution in [0.2, 0.25) is 0 Å². The number of methoxy groups -OCH3 is 1. The maximum Gasteiger partial charge on any atom is 0.127 e. The van der Waals surface area contributed by atoms with E-state index in [-0.39, 0.29) is 5.75 Å². The molecule has 1 aliphatic carbocycles. The van der Waals surface area contributed by atoms with Crippen molar-refractivity contribution in [3.8, 4) is 11.5 Å². The van der Waals surface area contributed by atoms with E-state index in [0.717, 1.165) is 44.0 Å². The molecule has 0 aromatic heterocycles. The van der Waals surface area contributed by atoms with Crippen LogP contribution in [0.25, 0.3) is 0 Å². The van der Waals surface area contributed by atoms with E-state index >= 15 is 0 Å². The molecule has 0 amide bonds. The van der Waals surface area contributed by atoms with E-state index in [1.807, 2.05) is 6.07 Å². The van der Waals surface area contributed by atoms with Gasteiger partial charge in [-0.15, -0.1) is 0 Å². The highest BCUT2D eigenvalue weighted by molar-refractivity contribution is 5.40. The lowest BCUT2D eigenvalue weighted by atomic mass is 9.87. The third-order valence-corrected chi connectivity index (χ3v) is 5.91. The average molecular weight is 352 g/mol. The lowest BCUT2D eigenvalue weighted by Gasteiger charge is -2.41. The summed E-state index contributed by atoms with van der Waals surface area (Å²) in [5, 5.41) is 9.62. The molecule has 0 unspecified atom stereocenters. The molecule has 26 heavy (non-hydrogen) atoms. The molecule has 2 aliphatic rings. The fraction of sp³-hybridized carbons (Fsp3) is 0.455. The average Bonchev–Trinajstić information content (AvgIpc) is 2.69. The van der Waals surface area contributed by atoms with Crippen molar-refractivity contribution in [3.05, 3.63) is 59.2 Å². The summed E-state index contributed by atoms with van der Waals surface area (Å²) < 4.78 is 5.42. The fourth-order valence-electron chi connectivity index (χ4n) is 4.38. The van der Waals surface area contributed by atoms with Crippen LogP contribution in [0.5, 0.6) is 11.5 Å². The SMILES string of the molecule is COc1cc(O)ccc1CN1CCN([C@@H]2CCc3ccccc3C2)CC1. The van der Waals surface area contributed by atoms with Crippen LogP contribution in [0.4, 0.5) is 0 Å². The molecule has 2 aromatic carbocycles. The zero-order valence-corrected chi connectivity index (χ0v) is 15.5. The van der Waals surface area contributed by atoms with Gasteiger partial charge in [-0.3, -0.25) is 9.80 Å². The van der Waals surface area contributed by atoms with Gasteiger partial charge in [-0.05, 0) is 36.5 Å². The molecule has 138 valence electrons. The molecular formula is C22H28N2O2. The zero-order valence-electron chi connectivity index (χ0n) is 15.5. The maximum absolute atomic E-state index is 9.62. The van der Waals surface area contributed by atoms with Crippen molar-refractivity contribution >= 4 is 0 Å². The van der Waals surface area contributed by atoms with Gasteiger partial charge in [-0.2, -0.15) is 0 Å². The van der Waals surface area contributed by atoms with E-state index in [4.69, 9.17) is 4.74 Å². The van der Waals surface area contributed by atoms with Gasteiger partial charge >= 0.3 is 0 Å². The molecule has 4 heteroatoms. The number of nitrogens with zero attached hydrogens (tertiary/aromatic N) is 2. The van der Waals surface area contributed by atoms with Crippen LogP contribution in [0.1, 0.15) is 23.1 Å². The predicted molar refractivity (Wildman–Crippen MR) is 104 cm³/mol. The van der Waals surface area contributed by atoms with Gasteiger partial charge in [0.25, 0.3) is 0 Å². The molecule has 0 saturated carbocycles. The second-order valence-electron chi connectivity index (χ2n) is 7.47. The Kier molecular flexibility index (Phi) is 5.14. The molecule has 2 aromatic rings. The third-order valence-electron chi connectivity index (χ3n) is 5.91. The first-order valence-electron chi connectivity index (χ1n) is 9.62. The molecule has 1 aliphatic heterocycles. The van der Waals surface area contributed by atoms with E-state index in [0.29, 0.717) is 6.04 Å². The number of benzene rings is 2. The van der Waals surface area contributed by atoms with Gasteiger partial charge in [-0.1, -0.05) is 30.3 Å². The Labute approximate surface area is 156 Å². The summed E-state index contributed by atoms with van der Waals surface area (Å²) in [6.07, 6.45) is 3.69. The number of rotatable bonds is 4. The number of aryl methyl sites for hydroxylation is 1. The Balaban J connectivity index is 1.34. The molecule has 1 fully saturated rings. The molecule has 1 heterocycles. The van der Waals surface area contributed by atoms with Crippen LogP contribution >= 0.6 is 0 Å². The Morgan fingerprint density at radius 3 is 2.58 bits per heavy atom. The second-order valence-corrected chi connectivity index (χ2v) is 7.47. The van der Waals surface area contributed by atoms with Crippen molar-refractivity contribution in [2.24, 2.45) is 0 Å². The number of hydrogen-bond donors (Lipinski definition) is 1. The van der Waals surface area contributed by atoms with Crippen LogP contribution in [0, 0.1) is 0 Å². The van der Waals surface area contributed by atoms with Crippen LogP contribution < -0.4 is 4.74 Å². The van der Waals surface area contributed by atoms with E-state index in [2.05, 4.69) is 34.1 Å². The summed E-state index contributed by atoms with van der Waals surface area (Å²) in [5.41, 5.74) is 4.23. The van der Waals surface area contributed by atoms with Crippen LogP contribution in [-0.4, -0.2) is 54.2 Å². The molecule has 0 bridgehead atoms. The minimum atomic E-state index is 0.257. The van der Waals surface area contributed by atoms with Crippen molar-refractivity contribution < 1.29 is 9.84 Å². The highest BCUT2D eigenvalue weighted by Gasteiger charge is 2.27. The maximum atomic E-state index is 9.62. The van der Waals surface area contributed by atoms with Gasteiger partial charge in [-0.25, -0.2) is 0 Å². The van der Waals surface area contributed by atoms with Gasteiger partial charge in [0.05, 0.1) is 7.11 Å². The van der Waals surface area contributed by atoms with Crippen molar-refractivity contribution in [1.29, 1.82) is 0 Å².